The second kappa shape index (κ2) is 5.26. The second-order valence-electron chi connectivity index (χ2n) is 4.02. The van der Waals surface area contributed by atoms with Gasteiger partial charge in [0.25, 0.3) is 0 Å². The van der Waals surface area contributed by atoms with Crippen molar-refractivity contribution >= 4 is 33.4 Å². The van der Waals surface area contributed by atoms with E-state index in [2.05, 4.69) is 58.1 Å². The van der Waals surface area contributed by atoms with Crippen molar-refractivity contribution in [1.29, 1.82) is 0 Å². The standard InChI is InChI=1S/C12H16BrNS/c1-9-7-10(4-5-12(9)13)14-11-3-2-6-15-8-11/h4-5,7,11,14H,2-3,6,8H2,1H3. The fourth-order valence-corrected chi connectivity index (χ4v) is 3.14. The van der Waals surface area contributed by atoms with Crippen LogP contribution in [0, 0.1) is 6.92 Å². The Labute approximate surface area is 104 Å². The third-order valence-corrected chi connectivity index (χ3v) is 4.79. The van der Waals surface area contributed by atoms with Crippen LogP contribution < -0.4 is 5.32 Å². The molecule has 1 aromatic carbocycles. The maximum absolute atomic E-state index is 3.61. The maximum atomic E-state index is 3.61. The van der Waals surface area contributed by atoms with E-state index in [0.717, 1.165) is 0 Å². The van der Waals surface area contributed by atoms with Crippen molar-refractivity contribution < 1.29 is 0 Å². The van der Waals surface area contributed by atoms with Crippen LogP contribution in [0.5, 0.6) is 0 Å². The highest BCUT2D eigenvalue weighted by Gasteiger charge is 2.13. The van der Waals surface area contributed by atoms with E-state index in [1.165, 1.54) is 40.1 Å². The van der Waals surface area contributed by atoms with Crippen molar-refractivity contribution in [2.75, 3.05) is 16.8 Å². The van der Waals surface area contributed by atoms with Crippen LogP contribution in [0.3, 0.4) is 0 Å². The predicted octanol–water partition coefficient (Wildman–Crippen LogP) is 4.07. The summed E-state index contributed by atoms with van der Waals surface area (Å²) in [5.74, 6) is 2.58. The van der Waals surface area contributed by atoms with E-state index in [-0.39, 0.29) is 0 Å². The smallest absolute Gasteiger partial charge is 0.0352 e. The highest BCUT2D eigenvalue weighted by molar-refractivity contribution is 9.10. The van der Waals surface area contributed by atoms with E-state index >= 15 is 0 Å². The SMILES string of the molecule is Cc1cc(NC2CCCSC2)ccc1Br. The zero-order valence-electron chi connectivity index (χ0n) is 8.92. The Morgan fingerprint density at radius 2 is 2.33 bits per heavy atom. The van der Waals surface area contributed by atoms with Gasteiger partial charge in [-0.3, -0.25) is 0 Å². The van der Waals surface area contributed by atoms with Gasteiger partial charge in [-0.25, -0.2) is 0 Å². The lowest BCUT2D eigenvalue weighted by Crippen LogP contribution is -2.25. The molecule has 1 unspecified atom stereocenters. The topological polar surface area (TPSA) is 12.0 Å². The van der Waals surface area contributed by atoms with E-state index in [0.29, 0.717) is 6.04 Å². The highest BCUT2D eigenvalue weighted by Crippen LogP contribution is 2.24. The summed E-state index contributed by atoms with van der Waals surface area (Å²) < 4.78 is 1.19. The van der Waals surface area contributed by atoms with Gasteiger partial charge in [-0.1, -0.05) is 15.9 Å². The average Bonchev–Trinajstić information content (AvgIpc) is 2.25. The van der Waals surface area contributed by atoms with E-state index in [1.807, 2.05) is 0 Å². The molecule has 1 atom stereocenters. The van der Waals surface area contributed by atoms with Crippen LogP contribution in [0.4, 0.5) is 5.69 Å². The molecule has 1 heterocycles. The van der Waals surface area contributed by atoms with Gasteiger partial charge in [0.15, 0.2) is 0 Å². The number of anilines is 1. The molecular formula is C12H16BrNS. The summed E-state index contributed by atoms with van der Waals surface area (Å²) >= 11 is 5.58. The molecule has 1 fully saturated rings. The van der Waals surface area contributed by atoms with Gasteiger partial charge in [0, 0.05) is 22.0 Å². The zero-order chi connectivity index (χ0) is 10.7. The van der Waals surface area contributed by atoms with Gasteiger partial charge in [-0.15, -0.1) is 0 Å². The fourth-order valence-electron chi connectivity index (χ4n) is 1.82. The number of aryl methyl sites for hydroxylation is 1. The third kappa shape index (κ3) is 3.15. The van der Waals surface area contributed by atoms with Gasteiger partial charge in [0.1, 0.15) is 0 Å². The minimum atomic E-state index is 0.657. The number of nitrogens with one attached hydrogen (secondary N) is 1. The molecule has 0 saturated carbocycles. The Morgan fingerprint density at radius 1 is 1.47 bits per heavy atom. The Kier molecular flexibility index (Phi) is 3.98. The molecule has 0 radical (unpaired) electrons. The lowest BCUT2D eigenvalue weighted by atomic mass is 10.1. The molecule has 0 aliphatic carbocycles. The molecule has 1 N–H and O–H groups in total. The van der Waals surface area contributed by atoms with Crippen molar-refractivity contribution in [2.24, 2.45) is 0 Å². The van der Waals surface area contributed by atoms with Crippen molar-refractivity contribution in [3.63, 3.8) is 0 Å². The number of rotatable bonds is 2. The molecule has 1 aliphatic rings. The molecule has 15 heavy (non-hydrogen) atoms. The summed E-state index contributed by atoms with van der Waals surface area (Å²) in [4.78, 5) is 0. The summed E-state index contributed by atoms with van der Waals surface area (Å²) in [6.07, 6.45) is 2.65. The summed E-state index contributed by atoms with van der Waals surface area (Å²) in [5.41, 5.74) is 2.55. The first kappa shape index (κ1) is 11.3. The number of thioether (sulfide) groups is 1. The van der Waals surface area contributed by atoms with Gasteiger partial charge >= 0.3 is 0 Å². The molecule has 0 aromatic heterocycles. The van der Waals surface area contributed by atoms with Crippen LogP contribution in [-0.4, -0.2) is 17.5 Å². The van der Waals surface area contributed by atoms with Gasteiger partial charge < -0.3 is 5.32 Å². The Balaban J connectivity index is 2.00. The van der Waals surface area contributed by atoms with Crippen LogP contribution in [0.2, 0.25) is 0 Å². The Hall–Kier alpha value is -0.150. The fraction of sp³-hybridized carbons (Fsp3) is 0.500. The highest BCUT2D eigenvalue weighted by atomic mass is 79.9. The molecular weight excluding hydrogens is 270 g/mol. The quantitative estimate of drug-likeness (QED) is 0.879. The first-order valence-electron chi connectivity index (χ1n) is 5.36. The summed E-state index contributed by atoms with van der Waals surface area (Å²) in [6, 6.07) is 7.14. The van der Waals surface area contributed by atoms with Crippen molar-refractivity contribution in [2.45, 2.75) is 25.8 Å². The van der Waals surface area contributed by atoms with E-state index in [1.54, 1.807) is 0 Å². The van der Waals surface area contributed by atoms with Crippen LogP contribution in [-0.2, 0) is 0 Å². The van der Waals surface area contributed by atoms with Crippen LogP contribution >= 0.6 is 27.7 Å². The molecule has 82 valence electrons. The minimum Gasteiger partial charge on any atom is -0.381 e. The van der Waals surface area contributed by atoms with Crippen LogP contribution in [0.1, 0.15) is 18.4 Å². The molecule has 1 saturated heterocycles. The Bertz CT molecular complexity index is 334. The lowest BCUT2D eigenvalue weighted by molar-refractivity contribution is 0.685. The van der Waals surface area contributed by atoms with Gasteiger partial charge in [0.05, 0.1) is 0 Å². The summed E-state index contributed by atoms with van der Waals surface area (Å²) in [7, 11) is 0. The van der Waals surface area contributed by atoms with Crippen LogP contribution in [0.15, 0.2) is 22.7 Å². The largest absolute Gasteiger partial charge is 0.381 e. The summed E-state index contributed by atoms with van der Waals surface area (Å²) in [5, 5.41) is 3.61. The van der Waals surface area contributed by atoms with Crippen LogP contribution in [0.25, 0.3) is 0 Å². The summed E-state index contributed by atoms with van der Waals surface area (Å²) in [6.45, 7) is 2.13. The van der Waals surface area contributed by atoms with Gasteiger partial charge in [-0.2, -0.15) is 11.8 Å². The normalized spacial score (nSPS) is 21.3. The zero-order valence-corrected chi connectivity index (χ0v) is 11.3. The minimum absolute atomic E-state index is 0.657. The lowest BCUT2D eigenvalue weighted by Gasteiger charge is -2.23. The molecule has 0 spiro atoms. The predicted molar refractivity (Wildman–Crippen MR) is 72.8 cm³/mol. The molecule has 3 heteroatoms. The van der Waals surface area contributed by atoms with Crippen molar-refractivity contribution in [1.82, 2.24) is 0 Å². The number of benzene rings is 1. The van der Waals surface area contributed by atoms with E-state index < -0.39 is 0 Å². The molecule has 2 rings (SSSR count). The number of hydrogen-bond acceptors (Lipinski definition) is 2. The van der Waals surface area contributed by atoms with Gasteiger partial charge in [0.2, 0.25) is 0 Å². The average molecular weight is 286 g/mol. The molecule has 0 amide bonds. The van der Waals surface area contributed by atoms with Crippen molar-refractivity contribution in [3.8, 4) is 0 Å². The third-order valence-electron chi connectivity index (χ3n) is 2.69. The molecule has 1 aromatic rings. The maximum Gasteiger partial charge on any atom is 0.0352 e. The monoisotopic (exact) mass is 285 g/mol. The first-order valence-corrected chi connectivity index (χ1v) is 7.31. The number of halogens is 1. The molecule has 0 bridgehead atoms. The first-order chi connectivity index (χ1) is 7.25. The van der Waals surface area contributed by atoms with E-state index in [4.69, 9.17) is 0 Å². The second-order valence-corrected chi connectivity index (χ2v) is 6.03. The number of hydrogen-bond donors (Lipinski definition) is 1. The van der Waals surface area contributed by atoms with Crippen molar-refractivity contribution in [3.05, 3.63) is 28.2 Å². The molecule has 1 nitrogen and oxygen atoms in total. The molecule has 1 aliphatic heterocycles. The Morgan fingerprint density at radius 3 is 3.00 bits per heavy atom. The van der Waals surface area contributed by atoms with Gasteiger partial charge in [-0.05, 0) is 49.3 Å². The van der Waals surface area contributed by atoms with E-state index in [9.17, 15) is 0 Å².